The predicted octanol–water partition coefficient (Wildman–Crippen LogP) is 1.98. The Morgan fingerprint density at radius 1 is 1.15 bits per heavy atom. The van der Waals surface area contributed by atoms with E-state index < -0.39 is 0 Å². The van der Waals surface area contributed by atoms with Crippen molar-refractivity contribution in [2.24, 2.45) is 0 Å². The summed E-state index contributed by atoms with van der Waals surface area (Å²) in [5.74, 6) is 0.902. The summed E-state index contributed by atoms with van der Waals surface area (Å²) in [5, 5.41) is 8.64. The number of hydrogen-bond donors (Lipinski definition) is 1. The Hall–Kier alpha value is -1.02. The average Bonchev–Trinajstić information content (AvgIpc) is 2.02. The Balaban J connectivity index is 2.92. The van der Waals surface area contributed by atoms with Crippen LogP contribution in [0.5, 0.6) is 5.75 Å². The van der Waals surface area contributed by atoms with Gasteiger partial charge in [0.15, 0.2) is 0 Å². The molecule has 0 fully saturated rings. The fourth-order valence-corrected chi connectivity index (χ4v) is 1.54. The highest BCUT2D eigenvalue weighted by atomic mass is 16.5. The van der Waals surface area contributed by atoms with Gasteiger partial charge in [-0.25, -0.2) is 0 Å². The second kappa shape index (κ2) is 4.28. The van der Waals surface area contributed by atoms with Gasteiger partial charge in [-0.3, -0.25) is 0 Å². The van der Waals surface area contributed by atoms with E-state index in [0.717, 1.165) is 16.9 Å². The van der Waals surface area contributed by atoms with E-state index in [2.05, 4.69) is 19.1 Å². The highest BCUT2D eigenvalue weighted by molar-refractivity contribution is 5.42. The second-order valence-electron chi connectivity index (χ2n) is 3.30. The molecule has 0 heterocycles. The Morgan fingerprint density at radius 3 is 2.15 bits per heavy atom. The van der Waals surface area contributed by atoms with Crippen molar-refractivity contribution in [2.75, 3.05) is 13.2 Å². The zero-order chi connectivity index (χ0) is 9.84. The monoisotopic (exact) mass is 180 g/mol. The van der Waals surface area contributed by atoms with Gasteiger partial charge in [0.2, 0.25) is 0 Å². The maximum absolute atomic E-state index is 8.64. The number of aliphatic hydroxyl groups is 1. The van der Waals surface area contributed by atoms with Crippen LogP contribution in [-0.2, 0) is 0 Å². The lowest BCUT2D eigenvalue weighted by atomic mass is 10.1. The second-order valence-corrected chi connectivity index (χ2v) is 3.30. The molecule has 0 amide bonds. The van der Waals surface area contributed by atoms with Gasteiger partial charge >= 0.3 is 0 Å². The largest absolute Gasteiger partial charge is 0.491 e. The molecule has 0 bridgehead atoms. The Kier molecular flexibility index (Phi) is 3.32. The van der Waals surface area contributed by atoms with Crippen LogP contribution < -0.4 is 4.74 Å². The SMILES string of the molecule is Cc1cc(C)c(OCCO)c(C)c1. The molecule has 1 rings (SSSR count). The molecule has 1 N–H and O–H groups in total. The summed E-state index contributed by atoms with van der Waals surface area (Å²) in [6, 6.07) is 4.17. The lowest BCUT2D eigenvalue weighted by molar-refractivity contribution is 0.200. The van der Waals surface area contributed by atoms with Gasteiger partial charge in [0, 0.05) is 0 Å². The molecule has 13 heavy (non-hydrogen) atoms. The maximum Gasteiger partial charge on any atom is 0.125 e. The Morgan fingerprint density at radius 2 is 1.69 bits per heavy atom. The fourth-order valence-electron chi connectivity index (χ4n) is 1.54. The summed E-state index contributed by atoms with van der Waals surface area (Å²) in [6.45, 7) is 6.53. The van der Waals surface area contributed by atoms with Crippen LogP contribution in [0.4, 0.5) is 0 Å². The molecular weight excluding hydrogens is 164 g/mol. The first kappa shape index (κ1) is 10.1. The minimum atomic E-state index is 0.0623. The quantitative estimate of drug-likeness (QED) is 0.770. The van der Waals surface area contributed by atoms with E-state index in [1.54, 1.807) is 0 Å². The summed E-state index contributed by atoms with van der Waals surface area (Å²) < 4.78 is 5.42. The van der Waals surface area contributed by atoms with Gasteiger partial charge in [0.1, 0.15) is 12.4 Å². The van der Waals surface area contributed by atoms with Crippen LogP contribution in [0.15, 0.2) is 12.1 Å². The molecule has 2 heteroatoms. The molecule has 2 nitrogen and oxygen atoms in total. The molecule has 1 aromatic rings. The molecule has 0 unspecified atom stereocenters. The van der Waals surface area contributed by atoms with Crippen LogP contribution in [0, 0.1) is 20.8 Å². The van der Waals surface area contributed by atoms with E-state index in [9.17, 15) is 0 Å². The molecule has 0 aromatic heterocycles. The van der Waals surface area contributed by atoms with E-state index in [-0.39, 0.29) is 6.61 Å². The molecule has 0 aliphatic rings. The normalized spacial score (nSPS) is 10.2. The number of aryl methyl sites for hydroxylation is 3. The third kappa shape index (κ3) is 2.46. The standard InChI is InChI=1S/C11H16O2/c1-8-6-9(2)11(10(3)7-8)13-5-4-12/h6-7,12H,4-5H2,1-3H3. The third-order valence-corrected chi connectivity index (χ3v) is 1.94. The van der Waals surface area contributed by atoms with Gasteiger partial charge in [0.25, 0.3) is 0 Å². The first-order valence-electron chi connectivity index (χ1n) is 4.46. The minimum Gasteiger partial charge on any atom is -0.491 e. The predicted molar refractivity (Wildman–Crippen MR) is 53.2 cm³/mol. The lowest BCUT2D eigenvalue weighted by Crippen LogP contribution is -2.04. The summed E-state index contributed by atoms with van der Waals surface area (Å²) in [4.78, 5) is 0. The van der Waals surface area contributed by atoms with Crippen LogP contribution in [0.1, 0.15) is 16.7 Å². The van der Waals surface area contributed by atoms with Crippen LogP contribution in [0.25, 0.3) is 0 Å². The topological polar surface area (TPSA) is 29.5 Å². The van der Waals surface area contributed by atoms with Crippen LogP contribution in [0.3, 0.4) is 0 Å². The first-order chi connectivity index (χ1) is 6.15. The molecule has 0 aliphatic heterocycles. The lowest BCUT2D eigenvalue weighted by Gasteiger charge is -2.11. The van der Waals surface area contributed by atoms with Crippen molar-refractivity contribution >= 4 is 0 Å². The van der Waals surface area contributed by atoms with Gasteiger partial charge in [0.05, 0.1) is 6.61 Å². The van der Waals surface area contributed by atoms with Gasteiger partial charge in [-0.1, -0.05) is 17.7 Å². The minimum absolute atomic E-state index is 0.0623. The smallest absolute Gasteiger partial charge is 0.125 e. The van der Waals surface area contributed by atoms with Crippen molar-refractivity contribution in [3.63, 3.8) is 0 Å². The van der Waals surface area contributed by atoms with Gasteiger partial charge in [-0.05, 0) is 31.9 Å². The molecule has 0 saturated carbocycles. The van der Waals surface area contributed by atoms with Crippen molar-refractivity contribution in [1.29, 1.82) is 0 Å². The zero-order valence-corrected chi connectivity index (χ0v) is 8.42. The van der Waals surface area contributed by atoms with Gasteiger partial charge in [-0.2, -0.15) is 0 Å². The molecule has 72 valence electrons. The van der Waals surface area contributed by atoms with Crippen molar-refractivity contribution in [2.45, 2.75) is 20.8 Å². The molecule has 0 radical (unpaired) electrons. The summed E-state index contributed by atoms with van der Waals surface area (Å²) in [7, 11) is 0. The van der Waals surface area contributed by atoms with Crippen molar-refractivity contribution in [3.8, 4) is 5.75 Å². The van der Waals surface area contributed by atoms with Gasteiger partial charge in [-0.15, -0.1) is 0 Å². The van der Waals surface area contributed by atoms with E-state index in [1.165, 1.54) is 5.56 Å². The molecule has 0 spiro atoms. The maximum atomic E-state index is 8.64. The fraction of sp³-hybridized carbons (Fsp3) is 0.455. The molecular formula is C11H16O2. The van der Waals surface area contributed by atoms with Crippen molar-refractivity contribution in [1.82, 2.24) is 0 Å². The molecule has 0 saturated heterocycles. The van der Waals surface area contributed by atoms with E-state index in [4.69, 9.17) is 9.84 Å². The van der Waals surface area contributed by atoms with Crippen LogP contribution >= 0.6 is 0 Å². The van der Waals surface area contributed by atoms with Crippen LogP contribution in [0.2, 0.25) is 0 Å². The highest BCUT2D eigenvalue weighted by Crippen LogP contribution is 2.24. The third-order valence-electron chi connectivity index (χ3n) is 1.94. The Labute approximate surface area is 79.2 Å². The number of ether oxygens (including phenoxy) is 1. The summed E-state index contributed by atoms with van der Waals surface area (Å²) >= 11 is 0. The van der Waals surface area contributed by atoms with Crippen LogP contribution in [-0.4, -0.2) is 18.3 Å². The highest BCUT2D eigenvalue weighted by Gasteiger charge is 2.03. The Bertz CT molecular complexity index is 269. The van der Waals surface area contributed by atoms with Crippen molar-refractivity contribution < 1.29 is 9.84 Å². The average molecular weight is 180 g/mol. The molecule has 0 aliphatic carbocycles. The summed E-state index contributed by atoms with van der Waals surface area (Å²) in [5.41, 5.74) is 3.50. The number of rotatable bonds is 3. The van der Waals surface area contributed by atoms with Crippen molar-refractivity contribution in [3.05, 3.63) is 28.8 Å². The molecule has 1 aromatic carbocycles. The summed E-state index contributed by atoms with van der Waals surface area (Å²) in [6.07, 6.45) is 0. The number of benzene rings is 1. The number of hydrogen-bond acceptors (Lipinski definition) is 2. The first-order valence-corrected chi connectivity index (χ1v) is 4.46. The van der Waals surface area contributed by atoms with E-state index in [1.807, 2.05) is 13.8 Å². The zero-order valence-electron chi connectivity index (χ0n) is 8.42. The molecule has 0 atom stereocenters. The van der Waals surface area contributed by atoms with Gasteiger partial charge < -0.3 is 9.84 Å². The number of aliphatic hydroxyl groups excluding tert-OH is 1. The van der Waals surface area contributed by atoms with E-state index >= 15 is 0 Å². The van der Waals surface area contributed by atoms with E-state index in [0.29, 0.717) is 6.61 Å².